The average Bonchev–Trinajstić information content (AvgIpc) is 2.51. The predicted octanol–water partition coefficient (Wildman–Crippen LogP) is 1.78. The number of anilines is 1. The van der Waals surface area contributed by atoms with Crippen LogP contribution in [0.1, 0.15) is 30.9 Å². The number of hydrogen-bond acceptors (Lipinski definition) is 3. The Bertz CT molecular complexity index is 482. The lowest BCUT2D eigenvalue weighted by Crippen LogP contribution is -2.49. The number of piperidine rings is 1. The van der Waals surface area contributed by atoms with E-state index in [9.17, 15) is 4.79 Å². The third-order valence-electron chi connectivity index (χ3n) is 4.42. The number of rotatable bonds is 2. The molecule has 4 nitrogen and oxygen atoms in total. The molecule has 2 aliphatic rings. The van der Waals surface area contributed by atoms with Crippen molar-refractivity contribution in [2.75, 3.05) is 38.1 Å². The highest BCUT2D eigenvalue weighted by Crippen LogP contribution is 2.31. The van der Waals surface area contributed by atoms with Gasteiger partial charge in [0.2, 0.25) is 5.91 Å². The van der Waals surface area contributed by atoms with E-state index in [1.54, 1.807) is 0 Å². The summed E-state index contributed by atoms with van der Waals surface area (Å²) < 4.78 is 0. The Morgan fingerprint density at radius 2 is 2.05 bits per heavy atom. The lowest BCUT2D eigenvalue weighted by atomic mass is 9.95. The van der Waals surface area contributed by atoms with Gasteiger partial charge >= 0.3 is 0 Å². The number of piperazine rings is 1. The Kier molecular flexibility index (Phi) is 3.92. The molecule has 0 aromatic heterocycles. The van der Waals surface area contributed by atoms with Gasteiger partial charge in [0.15, 0.2) is 0 Å². The van der Waals surface area contributed by atoms with Crippen LogP contribution in [0.5, 0.6) is 0 Å². The number of hydrogen-bond donors (Lipinski definition) is 1. The van der Waals surface area contributed by atoms with Crippen LogP contribution in [0.2, 0.25) is 0 Å². The highest BCUT2D eigenvalue weighted by molar-refractivity contribution is 5.83. The van der Waals surface area contributed by atoms with Crippen molar-refractivity contribution in [1.29, 1.82) is 0 Å². The third-order valence-corrected chi connectivity index (χ3v) is 4.42. The molecule has 0 aliphatic carbocycles. The second-order valence-electron chi connectivity index (χ2n) is 5.80. The summed E-state index contributed by atoms with van der Waals surface area (Å²) in [7, 11) is 1.88. The van der Waals surface area contributed by atoms with Gasteiger partial charge in [-0.2, -0.15) is 0 Å². The maximum absolute atomic E-state index is 11.9. The van der Waals surface area contributed by atoms with Crippen LogP contribution in [0.4, 0.5) is 5.69 Å². The van der Waals surface area contributed by atoms with E-state index in [4.69, 9.17) is 0 Å². The van der Waals surface area contributed by atoms with Crippen LogP contribution in [0.15, 0.2) is 24.3 Å². The summed E-state index contributed by atoms with van der Waals surface area (Å²) in [4.78, 5) is 16.0. The zero-order chi connectivity index (χ0) is 13.9. The summed E-state index contributed by atoms with van der Waals surface area (Å²) in [6.45, 7) is 3.33. The number of nitrogens with zero attached hydrogens (tertiary/aromatic N) is 2. The Morgan fingerprint density at radius 1 is 1.20 bits per heavy atom. The van der Waals surface area contributed by atoms with Gasteiger partial charge in [-0.05, 0) is 31.0 Å². The van der Waals surface area contributed by atoms with Crippen molar-refractivity contribution in [2.24, 2.45) is 0 Å². The van der Waals surface area contributed by atoms with E-state index < -0.39 is 0 Å². The Hall–Kier alpha value is -1.55. The van der Waals surface area contributed by atoms with Crippen molar-refractivity contribution in [3.8, 4) is 0 Å². The molecule has 1 aromatic carbocycles. The lowest BCUT2D eigenvalue weighted by molar-refractivity contribution is -0.129. The first-order valence-corrected chi connectivity index (χ1v) is 7.57. The molecule has 1 N–H and O–H groups in total. The summed E-state index contributed by atoms with van der Waals surface area (Å²) in [5.41, 5.74) is 2.58. The first kappa shape index (κ1) is 13.4. The molecule has 2 saturated heterocycles. The quantitative estimate of drug-likeness (QED) is 0.892. The second kappa shape index (κ2) is 5.83. The normalized spacial score (nSPS) is 24.1. The summed E-state index contributed by atoms with van der Waals surface area (Å²) in [6, 6.07) is 8.98. The number of nitrogens with one attached hydrogen (secondary N) is 1. The molecular formula is C16H23N3O. The van der Waals surface area contributed by atoms with Crippen molar-refractivity contribution in [1.82, 2.24) is 10.2 Å². The van der Waals surface area contributed by atoms with Crippen molar-refractivity contribution in [3.05, 3.63) is 29.8 Å². The van der Waals surface area contributed by atoms with E-state index in [1.807, 2.05) is 11.9 Å². The summed E-state index contributed by atoms with van der Waals surface area (Å²) >= 11 is 0. The summed E-state index contributed by atoms with van der Waals surface area (Å²) in [5, 5.41) is 3.61. The number of carbonyl (C=O) groups excluding carboxylic acids is 1. The van der Waals surface area contributed by atoms with Gasteiger partial charge < -0.3 is 15.1 Å². The molecule has 0 saturated carbocycles. The highest BCUT2D eigenvalue weighted by atomic mass is 16.2. The van der Waals surface area contributed by atoms with Crippen LogP contribution < -0.4 is 10.2 Å². The van der Waals surface area contributed by atoms with Gasteiger partial charge in [-0.15, -0.1) is 0 Å². The molecule has 3 rings (SSSR count). The maximum Gasteiger partial charge on any atom is 0.241 e. The van der Waals surface area contributed by atoms with E-state index >= 15 is 0 Å². The van der Waals surface area contributed by atoms with Crippen molar-refractivity contribution in [3.63, 3.8) is 0 Å². The predicted molar refractivity (Wildman–Crippen MR) is 80.9 cm³/mol. The first-order valence-electron chi connectivity index (χ1n) is 7.57. The van der Waals surface area contributed by atoms with Crippen LogP contribution in [-0.4, -0.2) is 44.0 Å². The molecule has 20 heavy (non-hydrogen) atoms. The molecule has 1 amide bonds. The largest absolute Gasteiger partial charge is 0.360 e. The zero-order valence-corrected chi connectivity index (χ0v) is 12.1. The van der Waals surface area contributed by atoms with Gasteiger partial charge in [0.25, 0.3) is 0 Å². The minimum Gasteiger partial charge on any atom is -0.360 e. The zero-order valence-electron chi connectivity index (χ0n) is 12.1. The number of carbonyl (C=O) groups is 1. The maximum atomic E-state index is 11.9. The molecule has 2 heterocycles. The van der Waals surface area contributed by atoms with Crippen molar-refractivity contribution < 1.29 is 4.79 Å². The SMILES string of the molecule is CN1CCN(c2ccccc2C2CCCCN2)CC1=O. The molecule has 0 bridgehead atoms. The smallest absolute Gasteiger partial charge is 0.241 e. The van der Waals surface area contributed by atoms with Crippen LogP contribution in [0, 0.1) is 0 Å². The number of benzene rings is 1. The second-order valence-corrected chi connectivity index (χ2v) is 5.80. The van der Waals surface area contributed by atoms with E-state index in [0.717, 1.165) is 19.6 Å². The fourth-order valence-electron chi connectivity index (χ4n) is 3.15. The molecular weight excluding hydrogens is 250 g/mol. The standard InChI is InChI=1S/C16H23N3O/c1-18-10-11-19(12-16(18)20)15-8-3-2-6-13(15)14-7-4-5-9-17-14/h2-3,6,8,14,17H,4-5,7,9-12H2,1H3. The van der Waals surface area contributed by atoms with Crippen LogP contribution in [-0.2, 0) is 4.79 Å². The van der Waals surface area contributed by atoms with Crippen LogP contribution in [0.3, 0.4) is 0 Å². The van der Waals surface area contributed by atoms with E-state index in [0.29, 0.717) is 12.6 Å². The van der Waals surface area contributed by atoms with Gasteiger partial charge in [-0.25, -0.2) is 0 Å². The van der Waals surface area contributed by atoms with Crippen molar-refractivity contribution in [2.45, 2.75) is 25.3 Å². The Labute approximate surface area is 120 Å². The van der Waals surface area contributed by atoms with Gasteiger partial charge in [-0.3, -0.25) is 4.79 Å². The van der Waals surface area contributed by atoms with E-state index in [1.165, 1.54) is 30.5 Å². The van der Waals surface area contributed by atoms with Crippen LogP contribution in [0.25, 0.3) is 0 Å². The lowest BCUT2D eigenvalue weighted by Gasteiger charge is -2.36. The molecule has 0 spiro atoms. The first-order chi connectivity index (χ1) is 9.75. The number of para-hydroxylation sites is 1. The van der Waals surface area contributed by atoms with E-state index in [2.05, 4.69) is 34.5 Å². The van der Waals surface area contributed by atoms with Crippen LogP contribution >= 0.6 is 0 Å². The molecule has 2 fully saturated rings. The Balaban J connectivity index is 1.84. The third kappa shape index (κ3) is 2.66. The molecule has 1 unspecified atom stereocenters. The van der Waals surface area contributed by atoms with E-state index in [-0.39, 0.29) is 5.91 Å². The summed E-state index contributed by atoms with van der Waals surface area (Å²) in [6.07, 6.45) is 3.75. The topological polar surface area (TPSA) is 35.6 Å². The molecule has 4 heteroatoms. The van der Waals surface area contributed by atoms with Gasteiger partial charge in [-0.1, -0.05) is 24.6 Å². The fraction of sp³-hybridized carbons (Fsp3) is 0.562. The average molecular weight is 273 g/mol. The molecule has 108 valence electrons. The minimum atomic E-state index is 0.211. The van der Waals surface area contributed by atoms with Gasteiger partial charge in [0, 0.05) is 31.9 Å². The minimum absolute atomic E-state index is 0.211. The number of amides is 1. The molecule has 1 aromatic rings. The van der Waals surface area contributed by atoms with Gasteiger partial charge in [0.05, 0.1) is 6.54 Å². The highest BCUT2D eigenvalue weighted by Gasteiger charge is 2.25. The Morgan fingerprint density at radius 3 is 2.80 bits per heavy atom. The molecule has 1 atom stereocenters. The fourth-order valence-corrected chi connectivity index (χ4v) is 3.15. The van der Waals surface area contributed by atoms with Gasteiger partial charge in [0.1, 0.15) is 0 Å². The molecule has 0 radical (unpaired) electrons. The monoisotopic (exact) mass is 273 g/mol. The molecule has 2 aliphatic heterocycles. The summed E-state index contributed by atoms with van der Waals surface area (Å²) in [5.74, 6) is 0.211. The van der Waals surface area contributed by atoms with Crippen molar-refractivity contribution >= 4 is 11.6 Å². The number of likely N-dealkylation sites (N-methyl/N-ethyl adjacent to an activating group) is 1.